The van der Waals surface area contributed by atoms with Gasteiger partial charge in [-0.3, -0.25) is 0 Å². The van der Waals surface area contributed by atoms with E-state index in [1.807, 2.05) is 0 Å². The van der Waals surface area contributed by atoms with Gasteiger partial charge in [0.05, 0.1) is 5.75 Å². The summed E-state index contributed by atoms with van der Waals surface area (Å²) < 4.78 is 43.3. The number of halogens is 3. The van der Waals surface area contributed by atoms with E-state index in [9.17, 15) is 12.9 Å². The first-order valence-corrected chi connectivity index (χ1v) is 5.25. The Bertz CT molecular complexity index is 519. The second kappa shape index (κ2) is 5.08. The van der Waals surface area contributed by atoms with Crippen LogP contribution in [-0.2, 0) is 6.61 Å². The van der Waals surface area contributed by atoms with Crippen LogP contribution in [0.1, 0.15) is 5.82 Å². The van der Waals surface area contributed by atoms with Gasteiger partial charge in [-0.25, -0.2) is 9.97 Å². The van der Waals surface area contributed by atoms with Gasteiger partial charge in [-0.15, -0.1) is 0 Å². The Morgan fingerprint density at radius 1 is 1.00 bits per heavy atom. The predicted molar refractivity (Wildman–Crippen MR) is 61.5 cm³/mol. The fourth-order valence-electron chi connectivity index (χ4n) is 1.43. The van der Waals surface area contributed by atoms with Gasteiger partial charge < -0.3 is 17.7 Å². The SMILES string of the molecule is F[B-](F)(F)c1ccccc1OCc1ncccn1. The molecule has 0 bridgehead atoms. The average Bonchev–Trinajstić information content (AvgIpc) is 2.37. The molecular formula is C11H9BF3N2O-. The molecule has 0 aliphatic rings. The van der Waals surface area contributed by atoms with E-state index in [0.29, 0.717) is 5.82 Å². The molecule has 0 atom stereocenters. The quantitative estimate of drug-likeness (QED) is 0.782. The van der Waals surface area contributed by atoms with Crippen LogP contribution >= 0.6 is 0 Å². The van der Waals surface area contributed by atoms with E-state index in [1.165, 1.54) is 30.6 Å². The van der Waals surface area contributed by atoms with E-state index in [0.717, 1.165) is 6.07 Å². The lowest BCUT2D eigenvalue weighted by Gasteiger charge is -2.19. The summed E-state index contributed by atoms with van der Waals surface area (Å²) in [5, 5.41) is 0. The molecule has 0 N–H and O–H groups in total. The molecule has 0 radical (unpaired) electrons. The molecule has 2 aromatic rings. The highest BCUT2D eigenvalue weighted by Gasteiger charge is 2.28. The average molecular weight is 253 g/mol. The molecule has 18 heavy (non-hydrogen) atoms. The summed E-state index contributed by atoms with van der Waals surface area (Å²) in [6.07, 6.45) is 3.01. The first-order valence-electron chi connectivity index (χ1n) is 5.25. The Morgan fingerprint density at radius 3 is 2.33 bits per heavy atom. The van der Waals surface area contributed by atoms with E-state index in [4.69, 9.17) is 4.74 Å². The minimum Gasteiger partial charge on any atom is -0.489 e. The molecule has 0 spiro atoms. The maximum absolute atomic E-state index is 12.7. The van der Waals surface area contributed by atoms with E-state index in [1.54, 1.807) is 6.07 Å². The van der Waals surface area contributed by atoms with E-state index in [-0.39, 0.29) is 12.4 Å². The largest absolute Gasteiger partial charge is 0.513 e. The predicted octanol–water partition coefficient (Wildman–Crippen LogP) is 2.11. The van der Waals surface area contributed by atoms with Gasteiger partial charge in [0.15, 0.2) is 5.82 Å². The van der Waals surface area contributed by atoms with Crippen molar-refractivity contribution in [2.45, 2.75) is 6.61 Å². The van der Waals surface area contributed by atoms with Crippen LogP contribution < -0.4 is 10.2 Å². The maximum Gasteiger partial charge on any atom is 0.513 e. The summed E-state index contributed by atoms with van der Waals surface area (Å²) in [6, 6.07) is 6.73. The third kappa shape index (κ3) is 3.00. The molecule has 3 nitrogen and oxygen atoms in total. The van der Waals surface area contributed by atoms with Gasteiger partial charge in [-0.05, 0) is 12.1 Å². The molecule has 2 rings (SSSR count). The molecule has 1 heterocycles. The maximum atomic E-state index is 12.7. The Balaban J connectivity index is 2.15. The number of aromatic nitrogens is 2. The molecule has 0 aliphatic heterocycles. The van der Waals surface area contributed by atoms with Gasteiger partial charge in [0, 0.05) is 12.4 Å². The molecule has 94 valence electrons. The van der Waals surface area contributed by atoms with Crippen molar-refractivity contribution in [1.29, 1.82) is 0 Å². The number of benzene rings is 1. The van der Waals surface area contributed by atoms with Crippen LogP contribution in [0.25, 0.3) is 0 Å². The van der Waals surface area contributed by atoms with Gasteiger partial charge in [0.25, 0.3) is 0 Å². The van der Waals surface area contributed by atoms with Crippen molar-refractivity contribution in [3.8, 4) is 5.75 Å². The lowest BCUT2D eigenvalue weighted by molar-refractivity contribution is 0.296. The first kappa shape index (κ1) is 12.4. The van der Waals surface area contributed by atoms with Gasteiger partial charge in [0.1, 0.15) is 6.61 Å². The normalized spacial score (nSPS) is 11.3. The van der Waals surface area contributed by atoms with Crippen molar-refractivity contribution < 1.29 is 17.7 Å². The molecule has 0 aliphatic carbocycles. The second-order valence-electron chi connectivity index (χ2n) is 3.57. The van der Waals surface area contributed by atoms with Crippen LogP contribution in [0, 0.1) is 0 Å². The van der Waals surface area contributed by atoms with Crippen molar-refractivity contribution in [3.63, 3.8) is 0 Å². The highest BCUT2D eigenvalue weighted by molar-refractivity contribution is 6.74. The standard InChI is InChI=1S/C11H9BF3N2O/c13-12(14,15)9-4-1-2-5-10(9)18-8-11-16-6-3-7-17-11/h1-7H,8H2/q-1. The molecule has 1 aromatic carbocycles. The first-order chi connectivity index (χ1) is 8.57. The number of hydrogen-bond acceptors (Lipinski definition) is 3. The summed E-state index contributed by atoms with van der Waals surface area (Å²) in [6.45, 7) is -5.18. The van der Waals surface area contributed by atoms with Crippen LogP contribution in [0.3, 0.4) is 0 Å². The van der Waals surface area contributed by atoms with Crippen molar-refractivity contribution in [2.75, 3.05) is 0 Å². The summed E-state index contributed by atoms with van der Waals surface area (Å²) in [5.41, 5.74) is -0.742. The van der Waals surface area contributed by atoms with Crippen LogP contribution in [-0.4, -0.2) is 16.9 Å². The third-order valence-electron chi connectivity index (χ3n) is 2.25. The van der Waals surface area contributed by atoms with Gasteiger partial charge in [-0.1, -0.05) is 23.7 Å². The lowest BCUT2D eigenvalue weighted by Crippen LogP contribution is -2.35. The second-order valence-corrected chi connectivity index (χ2v) is 3.57. The number of hydrogen-bond donors (Lipinski definition) is 0. The molecular weight excluding hydrogens is 244 g/mol. The van der Waals surface area contributed by atoms with Gasteiger partial charge in [0.2, 0.25) is 0 Å². The van der Waals surface area contributed by atoms with Gasteiger partial charge in [-0.2, -0.15) is 0 Å². The number of ether oxygens (including phenoxy) is 1. The van der Waals surface area contributed by atoms with Crippen molar-refractivity contribution in [2.24, 2.45) is 0 Å². The molecule has 0 amide bonds. The number of para-hydroxylation sites is 1. The Kier molecular flexibility index (Phi) is 3.50. The minimum atomic E-state index is -5.09. The van der Waals surface area contributed by atoms with E-state index >= 15 is 0 Å². The summed E-state index contributed by atoms with van der Waals surface area (Å²) in [7, 11) is 0. The van der Waals surface area contributed by atoms with Crippen LogP contribution in [0.15, 0.2) is 42.7 Å². The highest BCUT2D eigenvalue weighted by atomic mass is 19.4. The monoisotopic (exact) mass is 253 g/mol. The van der Waals surface area contributed by atoms with Crippen molar-refractivity contribution in [3.05, 3.63) is 48.5 Å². The highest BCUT2D eigenvalue weighted by Crippen LogP contribution is 2.17. The fourth-order valence-corrected chi connectivity index (χ4v) is 1.43. The van der Waals surface area contributed by atoms with Gasteiger partial charge >= 0.3 is 6.98 Å². The lowest BCUT2D eigenvalue weighted by atomic mass is 9.79. The molecule has 7 heteroatoms. The fraction of sp³-hybridized carbons (Fsp3) is 0.0909. The Morgan fingerprint density at radius 2 is 1.67 bits per heavy atom. The summed E-state index contributed by atoms with van der Waals surface area (Å²) >= 11 is 0. The van der Waals surface area contributed by atoms with Crippen molar-refractivity contribution in [1.82, 2.24) is 9.97 Å². The molecule has 0 saturated heterocycles. The van der Waals surface area contributed by atoms with Crippen LogP contribution in [0.4, 0.5) is 12.9 Å². The zero-order valence-electron chi connectivity index (χ0n) is 9.26. The van der Waals surface area contributed by atoms with Crippen LogP contribution in [0.5, 0.6) is 5.75 Å². The molecule has 0 fully saturated rings. The summed E-state index contributed by atoms with van der Waals surface area (Å²) in [5.74, 6) is 0.138. The zero-order valence-corrected chi connectivity index (χ0v) is 9.26. The van der Waals surface area contributed by atoms with E-state index in [2.05, 4.69) is 9.97 Å². The zero-order chi connectivity index (χ0) is 13.0. The molecule has 1 aromatic heterocycles. The number of nitrogens with zero attached hydrogens (tertiary/aromatic N) is 2. The smallest absolute Gasteiger partial charge is 0.489 e. The summed E-state index contributed by atoms with van der Waals surface area (Å²) in [4.78, 5) is 7.75. The topological polar surface area (TPSA) is 35.0 Å². The minimum absolute atomic E-state index is 0.0932. The Hall–Kier alpha value is -2.05. The molecule has 0 unspecified atom stereocenters. The van der Waals surface area contributed by atoms with E-state index < -0.39 is 12.4 Å². The van der Waals surface area contributed by atoms with Crippen LogP contribution in [0.2, 0.25) is 0 Å². The number of rotatable bonds is 4. The van der Waals surface area contributed by atoms with Crippen molar-refractivity contribution >= 4 is 12.4 Å². The Labute approximate surface area is 102 Å². The third-order valence-corrected chi connectivity index (χ3v) is 2.25. The molecule has 0 saturated carbocycles.